The molecule has 1 N–H and O–H groups in total. The molecule has 2 rings (SSSR count). The summed E-state index contributed by atoms with van der Waals surface area (Å²) in [7, 11) is -3.01. The van der Waals surface area contributed by atoms with Crippen LogP contribution in [0, 0.1) is 0 Å². The number of hydrogen-bond acceptors (Lipinski definition) is 2. The zero-order valence-electron chi connectivity index (χ0n) is 11.5. The van der Waals surface area contributed by atoms with E-state index >= 15 is 0 Å². The van der Waals surface area contributed by atoms with Crippen molar-refractivity contribution < 1.29 is 13.3 Å². The van der Waals surface area contributed by atoms with E-state index < -0.39 is 10.0 Å². The summed E-state index contributed by atoms with van der Waals surface area (Å²) >= 11 is 0. The lowest BCUT2D eigenvalue weighted by Gasteiger charge is -2.31. The number of rotatable bonds is 5. The smallest absolute Gasteiger partial charge is 0.214 e. The third kappa shape index (κ3) is 4.03. The van der Waals surface area contributed by atoms with Gasteiger partial charge in [-0.2, -0.15) is 4.31 Å². The van der Waals surface area contributed by atoms with Gasteiger partial charge in [-0.1, -0.05) is 37.3 Å². The fourth-order valence-corrected chi connectivity index (χ4v) is 4.04. The van der Waals surface area contributed by atoms with E-state index in [1.165, 1.54) is 10.5 Å². The second-order valence-electron chi connectivity index (χ2n) is 5.13. The van der Waals surface area contributed by atoms with Crippen LogP contribution in [0.15, 0.2) is 30.3 Å². The number of benzene rings is 1. The van der Waals surface area contributed by atoms with Crippen molar-refractivity contribution in [3.05, 3.63) is 35.9 Å². The predicted molar refractivity (Wildman–Crippen MR) is 76.5 cm³/mol. The van der Waals surface area contributed by atoms with Gasteiger partial charge in [0.05, 0.1) is 31.9 Å². The van der Waals surface area contributed by atoms with Crippen molar-refractivity contribution in [2.45, 2.75) is 19.9 Å². The Kier molecular flexibility index (Phi) is 4.96. The van der Waals surface area contributed by atoms with Crippen LogP contribution in [0.4, 0.5) is 0 Å². The molecule has 0 amide bonds. The average molecular weight is 283 g/mol. The second kappa shape index (κ2) is 6.50. The number of quaternary nitrogens is 1. The van der Waals surface area contributed by atoms with Crippen molar-refractivity contribution in [3.8, 4) is 0 Å². The van der Waals surface area contributed by atoms with Crippen LogP contribution in [0.25, 0.3) is 0 Å². The monoisotopic (exact) mass is 283 g/mol. The number of sulfonamides is 1. The Hall–Kier alpha value is -0.910. The van der Waals surface area contributed by atoms with Gasteiger partial charge in [-0.3, -0.25) is 0 Å². The molecule has 19 heavy (non-hydrogen) atoms. The lowest BCUT2D eigenvalue weighted by atomic mass is 10.2. The Labute approximate surface area is 116 Å². The third-order valence-electron chi connectivity index (χ3n) is 3.58. The first-order valence-corrected chi connectivity index (χ1v) is 8.58. The first kappa shape index (κ1) is 14.5. The summed E-state index contributed by atoms with van der Waals surface area (Å²) in [6, 6.07) is 10.4. The molecule has 0 atom stereocenters. The fourth-order valence-electron chi connectivity index (χ4n) is 2.53. The molecule has 1 aliphatic heterocycles. The van der Waals surface area contributed by atoms with Crippen molar-refractivity contribution in [2.24, 2.45) is 0 Å². The van der Waals surface area contributed by atoms with Crippen LogP contribution in [0.2, 0.25) is 0 Å². The van der Waals surface area contributed by atoms with E-state index in [2.05, 4.69) is 24.3 Å². The Balaban J connectivity index is 1.86. The highest BCUT2D eigenvalue weighted by atomic mass is 32.2. The minimum absolute atomic E-state index is 0.279. The van der Waals surface area contributed by atoms with Gasteiger partial charge < -0.3 is 4.90 Å². The number of nitrogens with zero attached hydrogens (tertiary/aromatic N) is 1. The maximum Gasteiger partial charge on any atom is 0.214 e. The molecule has 0 saturated carbocycles. The minimum Gasteiger partial charge on any atom is -0.329 e. The van der Waals surface area contributed by atoms with Crippen LogP contribution in [-0.4, -0.2) is 44.7 Å². The summed E-state index contributed by atoms with van der Waals surface area (Å²) in [5.41, 5.74) is 1.32. The van der Waals surface area contributed by atoms with E-state index in [-0.39, 0.29) is 5.75 Å². The molecule has 1 aliphatic rings. The molecule has 0 bridgehead atoms. The van der Waals surface area contributed by atoms with Crippen molar-refractivity contribution in [1.82, 2.24) is 4.31 Å². The highest BCUT2D eigenvalue weighted by molar-refractivity contribution is 7.89. The van der Waals surface area contributed by atoms with Gasteiger partial charge >= 0.3 is 0 Å². The highest BCUT2D eigenvalue weighted by Gasteiger charge is 2.28. The van der Waals surface area contributed by atoms with E-state index in [0.717, 1.165) is 19.6 Å². The Morgan fingerprint density at radius 2 is 1.79 bits per heavy atom. The normalized spacial score (nSPS) is 18.6. The van der Waals surface area contributed by atoms with Crippen LogP contribution in [-0.2, 0) is 16.6 Å². The highest BCUT2D eigenvalue weighted by Crippen LogP contribution is 2.04. The van der Waals surface area contributed by atoms with Gasteiger partial charge in [0.25, 0.3) is 0 Å². The Morgan fingerprint density at radius 1 is 1.16 bits per heavy atom. The Morgan fingerprint density at radius 3 is 2.37 bits per heavy atom. The molecule has 106 valence electrons. The van der Waals surface area contributed by atoms with E-state index in [4.69, 9.17) is 0 Å². The maximum absolute atomic E-state index is 12.0. The molecule has 1 aromatic rings. The van der Waals surface area contributed by atoms with E-state index in [0.29, 0.717) is 19.5 Å². The summed E-state index contributed by atoms with van der Waals surface area (Å²) in [5, 5.41) is 0. The van der Waals surface area contributed by atoms with Gasteiger partial charge in [-0.25, -0.2) is 8.42 Å². The number of hydrogen-bond donors (Lipinski definition) is 1. The lowest BCUT2D eigenvalue weighted by Crippen LogP contribution is -3.13. The van der Waals surface area contributed by atoms with E-state index in [9.17, 15) is 8.42 Å². The molecule has 0 aromatic heterocycles. The third-order valence-corrected chi connectivity index (χ3v) is 5.66. The van der Waals surface area contributed by atoms with Crippen LogP contribution < -0.4 is 4.90 Å². The molecule has 1 fully saturated rings. The van der Waals surface area contributed by atoms with Gasteiger partial charge in [0.2, 0.25) is 10.0 Å². The quantitative estimate of drug-likeness (QED) is 0.834. The van der Waals surface area contributed by atoms with Gasteiger partial charge in [0.1, 0.15) is 6.54 Å². The molecule has 1 heterocycles. The topological polar surface area (TPSA) is 41.8 Å². The van der Waals surface area contributed by atoms with Crippen LogP contribution in [0.5, 0.6) is 0 Å². The maximum atomic E-state index is 12.0. The molecular weight excluding hydrogens is 260 g/mol. The molecule has 1 saturated heterocycles. The standard InChI is InChI=1S/C14H22N2O2S/c1-2-12-19(17,18)16-10-8-15(9-11-16)13-14-6-4-3-5-7-14/h3-7H,2,8-13H2,1H3/p+1. The van der Waals surface area contributed by atoms with E-state index in [1.54, 1.807) is 4.31 Å². The van der Waals surface area contributed by atoms with Crippen molar-refractivity contribution in [3.63, 3.8) is 0 Å². The van der Waals surface area contributed by atoms with Crippen LogP contribution in [0.1, 0.15) is 18.9 Å². The molecule has 0 spiro atoms. The minimum atomic E-state index is -3.01. The Bertz CT molecular complexity index is 479. The molecule has 4 nitrogen and oxygen atoms in total. The summed E-state index contributed by atoms with van der Waals surface area (Å²) in [4.78, 5) is 1.47. The van der Waals surface area contributed by atoms with E-state index in [1.807, 2.05) is 13.0 Å². The molecule has 0 aliphatic carbocycles. The largest absolute Gasteiger partial charge is 0.329 e. The first-order chi connectivity index (χ1) is 9.12. The summed E-state index contributed by atoms with van der Waals surface area (Å²) in [6.45, 7) is 6.02. The summed E-state index contributed by atoms with van der Waals surface area (Å²) in [5.74, 6) is 0.279. The zero-order chi connectivity index (χ0) is 13.7. The van der Waals surface area contributed by atoms with Gasteiger partial charge in [0.15, 0.2) is 0 Å². The number of nitrogens with one attached hydrogen (secondary N) is 1. The van der Waals surface area contributed by atoms with Crippen molar-refractivity contribution >= 4 is 10.0 Å². The van der Waals surface area contributed by atoms with Crippen LogP contribution >= 0.6 is 0 Å². The lowest BCUT2D eigenvalue weighted by molar-refractivity contribution is -0.917. The molecule has 5 heteroatoms. The SMILES string of the molecule is CCCS(=O)(=O)N1CC[NH+](Cc2ccccc2)CC1. The van der Waals surface area contributed by atoms with Gasteiger partial charge in [-0.05, 0) is 6.42 Å². The second-order valence-corrected chi connectivity index (χ2v) is 7.22. The van der Waals surface area contributed by atoms with Crippen molar-refractivity contribution in [2.75, 3.05) is 31.9 Å². The number of piperazine rings is 1. The molecule has 1 aromatic carbocycles. The predicted octanol–water partition coefficient (Wildman–Crippen LogP) is 0.127. The van der Waals surface area contributed by atoms with Crippen molar-refractivity contribution in [1.29, 1.82) is 0 Å². The molecule has 0 radical (unpaired) electrons. The summed E-state index contributed by atoms with van der Waals surface area (Å²) in [6.07, 6.45) is 0.694. The fraction of sp³-hybridized carbons (Fsp3) is 0.571. The summed E-state index contributed by atoms with van der Waals surface area (Å²) < 4.78 is 25.6. The molecular formula is C14H23N2O2S+. The molecule has 0 unspecified atom stereocenters. The van der Waals surface area contributed by atoms with Crippen LogP contribution in [0.3, 0.4) is 0 Å². The first-order valence-electron chi connectivity index (χ1n) is 6.97. The van der Waals surface area contributed by atoms with Gasteiger partial charge in [-0.15, -0.1) is 0 Å². The average Bonchev–Trinajstić information content (AvgIpc) is 2.40. The zero-order valence-corrected chi connectivity index (χ0v) is 12.3. The van der Waals surface area contributed by atoms with Gasteiger partial charge in [0, 0.05) is 5.56 Å².